The van der Waals surface area contributed by atoms with Crippen LogP contribution < -0.4 is 67.7 Å². The highest BCUT2D eigenvalue weighted by atomic mass is 35.5. The first-order chi connectivity index (χ1) is 6.75. The molecule has 2 rings (SSSR count). The molecule has 0 aliphatic rings. The Morgan fingerprint density at radius 1 is 0.480 bits per heavy atom. The molecular weight excluding hydrogens is 375 g/mol. The summed E-state index contributed by atoms with van der Waals surface area (Å²) in [5, 5.41) is 0.202. The van der Waals surface area contributed by atoms with Crippen molar-refractivity contribution in [3.63, 3.8) is 0 Å². The zero-order valence-corrected chi connectivity index (χ0v) is 16.3. The van der Waals surface area contributed by atoms with Gasteiger partial charge in [-0.15, -0.1) is 0 Å². The van der Waals surface area contributed by atoms with Crippen LogP contribution in [0.2, 0.25) is 10.6 Å². The number of hydrogen-bond acceptors (Lipinski definition) is 14. The van der Waals surface area contributed by atoms with Crippen LogP contribution in [0.15, 0.2) is 30.3 Å². The van der Waals surface area contributed by atoms with E-state index in [1.165, 1.54) is 0 Å². The molecule has 0 atom stereocenters. The van der Waals surface area contributed by atoms with Gasteiger partial charge in [-0.25, -0.2) is 0 Å². The predicted molar refractivity (Wildman–Crippen MR) is 111 cm³/mol. The summed E-state index contributed by atoms with van der Waals surface area (Å²) >= 11 is 11.3. The number of nitrogens with zero attached hydrogens (tertiary/aromatic N) is 3. The quantitative estimate of drug-likeness (QED) is 0.303. The van der Waals surface area contributed by atoms with Crippen molar-refractivity contribution < 1.29 is 0 Å². The minimum atomic E-state index is 0. The minimum Gasteiger partial charge on any atom is -0.344 e. The molecule has 0 spiro atoms. The first-order valence-electron chi connectivity index (χ1n) is 3.88. The first-order valence-corrected chi connectivity index (χ1v) is 4.64. The highest BCUT2D eigenvalue weighted by Crippen LogP contribution is 2.17. The van der Waals surface area contributed by atoms with Crippen LogP contribution in [-0.4, -0.2) is 15.0 Å². The van der Waals surface area contributed by atoms with Crippen molar-refractivity contribution in [2.45, 2.75) is 0 Å². The summed E-state index contributed by atoms with van der Waals surface area (Å²) in [6, 6.07) is 9.44. The minimum absolute atomic E-state index is 0. The molecule has 0 bridgehead atoms. The molecule has 1 heterocycles. The zero-order chi connectivity index (χ0) is 9.97. The lowest BCUT2D eigenvalue weighted by Gasteiger charge is -1.99. The Kier molecular flexibility index (Phi) is 79.2. The summed E-state index contributed by atoms with van der Waals surface area (Å²) in [7, 11) is 0. The molecule has 0 fully saturated rings. The van der Waals surface area contributed by atoms with Gasteiger partial charge in [0.2, 0.25) is 10.6 Å². The van der Waals surface area contributed by atoms with E-state index in [-0.39, 0.29) is 78.2 Å². The van der Waals surface area contributed by atoms with Crippen LogP contribution in [0.5, 0.6) is 0 Å². The fourth-order valence-corrected chi connectivity index (χ4v) is 1.41. The Morgan fingerprint density at radius 2 is 0.800 bits per heavy atom. The van der Waals surface area contributed by atoms with Gasteiger partial charge in [-0.1, -0.05) is 30.3 Å². The van der Waals surface area contributed by atoms with Crippen molar-refractivity contribution in [3.05, 3.63) is 40.9 Å². The van der Waals surface area contributed by atoms with E-state index in [0.717, 1.165) is 5.56 Å². The maximum absolute atomic E-state index is 5.65. The van der Waals surface area contributed by atoms with Crippen LogP contribution in [0.3, 0.4) is 0 Å². The van der Waals surface area contributed by atoms with Gasteiger partial charge in [0.15, 0.2) is 5.82 Å². The molecule has 33 N–H and O–H groups in total. The summed E-state index contributed by atoms with van der Waals surface area (Å²) in [6.45, 7) is 0. The second-order valence-electron chi connectivity index (χ2n) is 2.56. The molecule has 0 aliphatic heterocycles. The fourth-order valence-electron chi connectivity index (χ4n) is 1.04. The normalized spacial score (nSPS) is 5.68. The van der Waals surface area contributed by atoms with Crippen molar-refractivity contribution in [1.29, 1.82) is 0 Å². The molecule has 1 aromatic carbocycles. The molecule has 158 valence electrons. The number of aromatic nitrogens is 3. The Bertz CT molecular complexity index is 439. The van der Waals surface area contributed by atoms with Crippen molar-refractivity contribution >= 4 is 23.2 Å². The lowest BCUT2D eigenvalue weighted by atomic mass is 10.2. The first kappa shape index (κ1) is 65.4. The smallest absolute Gasteiger partial charge is 0.227 e. The van der Waals surface area contributed by atoms with Crippen LogP contribution in [-0.2, 0) is 0 Å². The number of halogens is 2. The summed E-state index contributed by atoms with van der Waals surface area (Å²) in [5.74, 6) is 0.482. The highest BCUT2D eigenvalue weighted by Gasteiger charge is 2.04. The summed E-state index contributed by atoms with van der Waals surface area (Å²) in [5.41, 5.74) is 0.860. The molecule has 25 heavy (non-hydrogen) atoms. The zero-order valence-electron chi connectivity index (χ0n) is 14.8. The van der Waals surface area contributed by atoms with Crippen molar-refractivity contribution in [2.75, 3.05) is 0 Å². The molecule has 14 nitrogen and oxygen atoms in total. The molecular formula is C9H38Cl2N14. The largest absolute Gasteiger partial charge is 0.344 e. The lowest BCUT2D eigenvalue weighted by Crippen LogP contribution is -1.93. The second kappa shape index (κ2) is 30.3. The number of hydrogen-bond donors (Lipinski definition) is 11. The number of benzene rings is 1. The third-order valence-electron chi connectivity index (χ3n) is 1.61. The van der Waals surface area contributed by atoms with E-state index >= 15 is 0 Å². The summed E-state index contributed by atoms with van der Waals surface area (Å²) in [6.07, 6.45) is 0. The molecule has 0 amide bonds. The van der Waals surface area contributed by atoms with Crippen LogP contribution in [0.25, 0.3) is 11.4 Å². The third kappa shape index (κ3) is 18.5. The van der Waals surface area contributed by atoms with Crippen molar-refractivity contribution in [3.8, 4) is 11.4 Å². The van der Waals surface area contributed by atoms with Gasteiger partial charge in [-0.3, -0.25) is 0 Å². The third-order valence-corrected chi connectivity index (χ3v) is 1.95. The van der Waals surface area contributed by atoms with Crippen LogP contribution >= 0.6 is 23.2 Å². The second-order valence-corrected chi connectivity index (χ2v) is 3.24. The molecule has 16 heteroatoms. The predicted octanol–water partition coefficient (Wildman–Crippen LogP) is 4.63. The van der Waals surface area contributed by atoms with E-state index in [1.54, 1.807) is 0 Å². The maximum atomic E-state index is 5.65. The van der Waals surface area contributed by atoms with Crippen LogP contribution in [0.4, 0.5) is 0 Å². The van der Waals surface area contributed by atoms with Crippen LogP contribution in [0, 0.1) is 0 Å². The maximum Gasteiger partial charge on any atom is 0.227 e. The standard InChI is InChI=1S/C9H5Cl2N3.11H3N/c10-8-12-7(13-9(11)14-8)6-4-2-1-3-5-6;;;;;;;;;;;/h1-5H;11*1H3. The Labute approximate surface area is 158 Å². The average molecular weight is 413 g/mol. The van der Waals surface area contributed by atoms with Crippen molar-refractivity contribution in [2.24, 2.45) is 0 Å². The van der Waals surface area contributed by atoms with E-state index < -0.39 is 0 Å². The van der Waals surface area contributed by atoms with Gasteiger partial charge in [0.1, 0.15) is 0 Å². The summed E-state index contributed by atoms with van der Waals surface area (Å²) < 4.78 is 0. The Hall–Kier alpha value is -1.63. The van der Waals surface area contributed by atoms with Gasteiger partial charge >= 0.3 is 0 Å². The fraction of sp³-hybridized carbons (Fsp3) is 0. The lowest BCUT2D eigenvalue weighted by molar-refractivity contribution is 1.06. The van der Waals surface area contributed by atoms with Gasteiger partial charge in [0.25, 0.3) is 0 Å². The van der Waals surface area contributed by atoms with E-state index in [1.807, 2.05) is 30.3 Å². The molecule has 0 saturated heterocycles. The van der Waals surface area contributed by atoms with E-state index in [0.29, 0.717) is 5.82 Å². The Morgan fingerprint density at radius 3 is 1.12 bits per heavy atom. The van der Waals surface area contributed by atoms with Gasteiger partial charge in [0.05, 0.1) is 0 Å². The van der Waals surface area contributed by atoms with E-state index in [4.69, 9.17) is 23.2 Å². The van der Waals surface area contributed by atoms with E-state index in [9.17, 15) is 0 Å². The van der Waals surface area contributed by atoms with Crippen molar-refractivity contribution in [1.82, 2.24) is 82.6 Å². The van der Waals surface area contributed by atoms with Gasteiger partial charge in [-0.2, -0.15) is 15.0 Å². The van der Waals surface area contributed by atoms with Gasteiger partial charge < -0.3 is 67.7 Å². The summed E-state index contributed by atoms with van der Waals surface area (Å²) in [4.78, 5) is 11.6. The SMILES string of the molecule is Clc1nc(Cl)nc(-c2ccccc2)n1.N.N.N.N.N.N.N.N.N.N.N. The van der Waals surface area contributed by atoms with Crippen LogP contribution in [0.1, 0.15) is 0 Å². The topological polar surface area (TPSA) is 424 Å². The van der Waals surface area contributed by atoms with Gasteiger partial charge in [0, 0.05) is 5.56 Å². The highest BCUT2D eigenvalue weighted by molar-refractivity contribution is 6.31. The molecule has 2 aromatic rings. The molecule has 0 radical (unpaired) electrons. The average Bonchev–Trinajstić information content (AvgIpc) is 2.18. The van der Waals surface area contributed by atoms with E-state index in [2.05, 4.69) is 15.0 Å². The number of rotatable bonds is 1. The molecule has 0 unspecified atom stereocenters. The molecule has 0 aliphatic carbocycles. The van der Waals surface area contributed by atoms with Gasteiger partial charge in [-0.05, 0) is 23.2 Å². The molecule has 1 aromatic heterocycles. The monoisotopic (exact) mass is 412 g/mol. The Balaban J connectivity index is -0.0000000256. The molecule has 0 saturated carbocycles.